The number of methoxy groups -OCH3 is 1. The third-order valence-corrected chi connectivity index (χ3v) is 4.41. The first-order valence-corrected chi connectivity index (χ1v) is 8.66. The van der Waals surface area contributed by atoms with Crippen molar-refractivity contribution in [3.63, 3.8) is 0 Å². The Morgan fingerprint density at radius 2 is 2.00 bits per heavy atom. The fourth-order valence-corrected chi connectivity index (χ4v) is 3.01. The van der Waals surface area contributed by atoms with E-state index in [2.05, 4.69) is 5.32 Å². The first kappa shape index (κ1) is 18.1. The van der Waals surface area contributed by atoms with Crippen LogP contribution in [0.3, 0.4) is 0 Å². The molecule has 0 saturated carbocycles. The van der Waals surface area contributed by atoms with Crippen LogP contribution in [-0.4, -0.2) is 43.6 Å². The largest absolute Gasteiger partial charge is 0.497 e. The Hall–Kier alpha value is -2.73. The number of rotatable bonds is 6. The topological polar surface area (TPSA) is 61.9 Å². The van der Waals surface area contributed by atoms with Crippen molar-refractivity contribution in [2.45, 2.75) is 6.54 Å². The molecule has 0 atom stereocenters. The van der Waals surface area contributed by atoms with Gasteiger partial charge >= 0.3 is 6.03 Å². The second kappa shape index (κ2) is 8.10. The maximum Gasteiger partial charge on any atom is 0.325 e. The Bertz CT molecular complexity index is 812. The second-order valence-electron chi connectivity index (χ2n) is 5.96. The lowest BCUT2D eigenvalue weighted by Gasteiger charge is -2.18. The van der Waals surface area contributed by atoms with Crippen molar-refractivity contribution >= 4 is 29.2 Å². The molecular formula is C19H20ClN3O3. The molecule has 2 aromatic carbocycles. The summed E-state index contributed by atoms with van der Waals surface area (Å²) >= 11 is 5.99. The van der Waals surface area contributed by atoms with E-state index in [1.807, 2.05) is 30.3 Å². The number of hydrogen-bond acceptors (Lipinski definition) is 3. The molecule has 1 aliphatic rings. The monoisotopic (exact) mass is 373 g/mol. The van der Waals surface area contributed by atoms with Gasteiger partial charge in [0, 0.05) is 30.3 Å². The summed E-state index contributed by atoms with van der Waals surface area (Å²) in [5.74, 6) is 0.540. The molecule has 0 spiro atoms. The van der Waals surface area contributed by atoms with Gasteiger partial charge in [-0.25, -0.2) is 4.79 Å². The van der Waals surface area contributed by atoms with Crippen LogP contribution in [0.2, 0.25) is 5.02 Å². The SMILES string of the molecule is COc1cccc(CNC(=O)CN2CCN(c3cccc(Cl)c3)C2=O)c1. The maximum absolute atomic E-state index is 12.5. The van der Waals surface area contributed by atoms with Crippen LogP contribution in [0.25, 0.3) is 0 Å². The number of urea groups is 1. The summed E-state index contributed by atoms with van der Waals surface area (Å²) in [5.41, 5.74) is 1.67. The molecule has 6 nitrogen and oxygen atoms in total. The van der Waals surface area contributed by atoms with E-state index in [4.69, 9.17) is 16.3 Å². The minimum Gasteiger partial charge on any atom is -0.497 e. The van der Waals surface area contributed by atoms with E-state index in [1.165, 1.54) is 4.90 Å². The summed E-state index contributed by atoms with van der Waals surface area (Å²) in [6, 6.07) is 14.4. The summed E-state index contributed by atoms with van der Waals surface area (Å²) in [5, 5.41) is 3.41. The van der Waals surface area contributed by atoms with E-state index in [0.29, 0.717) is 24.7 Å². The molecule has 2 aromatic rings. The van der Waals surface area contributed by atoms with Crippen molar-refractivity contribution < 1.29 is 14.3 Å². The molecule has 0 aliphatic carbocycles. The van der Waals surface area contributed by atoms with E-state index in [1.54, 1.807) is 30.2 Å². The van der Waals surface area contributed by atoms with Gasteiger partial charge in [-0.1, -0.05) is 29.8 Å². The van der Waals surface area contributed by atoms with Crippen molar-refractivity contribution in [1.29, 1.82) is 0 Å². The Morgan fingerprint density at radius 1 is 1.19 bits per heavy atom. The lowest BCUT2D eigenvalue weighted by atomic mass is 10.2. The van der Waals surface area contributed by atoms with Crippen LogP contribution in [0.15, 0.2) is 48.5 Å². The van der Waals surface area contributed by atoms with Gasteiger partial charge in [0.05, 0.1) is 7.11 Å². The van der Waals surface area contributed by atoms with Gasteiger partial charge in [-0.3, -0.25) is 9.69 Å². The molecule has 26 heavy (non-hydrogen) atoms. The Labute approximate surface area is 157 Å². The van der Waals surface area contributed by atoms with Crippen LogP contribution in [-0.2, 0) is 11.3 Å². The van der Waals surface area contributed by atoms with Crippen molar-refractivity contribution in [2.24, 2.45) is 0 Å². The Morgan fingerprint density at radius 3 is 2.77 bits per heavy atom. The van der Waals surface area contributed by atoms with Crippen LogP contribution in [0.5, 0.6) is 5.75 Å². The third kappa shape index (κ3) is 4.26. The van der Waals surface area contributed by atoms with E-state index in [0.717, 1.165) is 17.0 Å². The zero-order valence-corrected chi connectivity index (χ0v) is 15.2. The minimum atomic E-state index is -0.200. The molecule has 3 rings (SSSR count). The Kier molecular flexibility index (Phi) is 5.63. The highest BCUT2D eigenvalue weighted by Gasteiger charge is 2.30. The highest BCUT2D eigenvalue weighted by atomic mass is 35.5. The molecule has 1 N–H and O–H groups in total. The van der Waals surface area contributed by atoms with Crippen molar-refractivity contribution in [2.75, 3.05) is 31.6 Å². The number of nitrogens with zero attached hydrogens (tertiary/aromatic N) is 2. The molecule has 3 amide bonds. The molecule has 1 saturated heterocycles. The molecule has 1 aliphatic heterocycles. The van der Waals surface area contributed by atoms with E-state index >= 15 is 0 Å². The lowest BCUT2D eigenvalue weighted by molar-refractivity contribution is -0.121. The second-order valence-corrected chi connectivity index (χ2v) is 6.40. The average molecular weight is 374 g/mol. The highest BCUT2D eigenvalue weighted by Crippen LogP contribution is 2.23. The predicted molar refractivity (Wildman–Crippen MR) is 101 cm³/mol. The van der Waals surface area contributed by atoms with Crippen LogP contribution in [0, 0.1) is 0 Å². The van der Waals surface area contributed by atoms with Crippen LogP contribution in [0.4, 0.5) is 10.5 Å². The van der Waals surface area contributed by atoms with Gasteiger partial charge in [-0.15, -0.1) is 0 Å². The molecule has 1 heterocycles. The first-order chi connectivity index (χ1) is 12.6. The van der Waals surface area contributed by atoms with Gasteiger partial charge < -0.3 is 15.0 Å². The quantitative estimate of drug-likeness (QED) is 0.846. The third-order valence-electron chi connectivity index (χ3n) is 4.17. The predicted octanol–water partition coefficient (Wildman–Crippen LogP) is 2.91. The highest BCUT2D eigenvalue weighted by molar-refractivity contribution is 6.30. The summed E-state index contributed by atoms with van der Waals surface area (Å²) < 4.78 is 5.17. The smallest absolute Gasteiger partial charge is 0.325 e. The summed E-state index contributed by atoms with van der Waals surface area (Å²) in [6.45, 7) is 1.44. The number of carbonyl (C=O) groups is 2. The molecule has 1 fully saturated rings. The Balaban J connectivity index is 1.54. The van der Waals surface area contributed by atoms with Gasteiger partial charge in [-0.05, 0) is 35.9 Å². The molecule has 0 unspecified atom stereocenters. The van der Waals surface area contributed by atoms with Gasteiger partial charge in [0.1, 0.15) is 12.3 Å². The normalized spacial score (nSPS) is 13.8. The standard InChI is InChI=1S/C19H20ClN3O3/c1-26-17-7-2-4-14(10-17)12-21-18(24)13-22-8-9-23(19(22)25)16-6-3-5-15(20)11-16/h2-7,10-11H,8-9,12-13H2,1H3,(H,21,24). The number of nitrogens with one attached hydrogen (secondary N) is 1. The van der Waals surface area contributed by atoms with Crippen molar-refractivity contribution in [3.05, 3.63) is 59.1 Å². The van der Waals surface area contributed by atoms with Gasteiger partial charge in [-0.2, -0.15) is 0 Å². The van der Waals surface area contributed by atoms with Crippen LogP contribution in [0.1, 0.15) is 5.56 Å². The number of carbonyl (C=O) groups excluding carboxylic acids is 2. The van der Waals surface area contributed by atoms with E-state index in [9.17, 15) is 9.59 Å². The number of halogens is 1. The fraction of sp³-hybridized carbons (Fsp3) is 0.263. The van der Waals surface area contributed by atoms with Crippen molar-refractivity contribution in [3.8, 4) is 5.75 Å². The maximum atomic E-state index is 12.5. The zero-order chi connectivity index (χ0) is 18.5. The number of anilines is 1. The summed E-state index contributed by atoms with van der Waals surface area (Å²) in [4.78, 5) is 27.9. The molecule has 0 aromatic heterocycles. The molecule has 136 valence electrons. The molecule has 0 bridgehead atoms. The minimum absolute atomic E-state index is 0.0276. The van der Waals surface area contributed by atoms with Crippen LogP contribution >= 0.6 is 11.6 Å². The van der Waals surface area contributed by atoms with Crippen molar-refractivity contribution in [1.82, 2.24) is 10.2 Å². The first-order valence-electron chi connectivity index (χ1n) is 8.28. The van der Waals surface area contributed by atoms with E-state index in [-0.39, 0.29) is 18.5 Å². The average Bonchev–Trinajstić information content (AvgIpc) is 3.00. The number of ether oxygens (including phenoxy) is 1. The van der Waals surface area contributed by atoms with Gasteiger partial charge in [0.15, 0.2) is 0 Å². The molecule has 7 heteroatoms. The molecule has 0 radical (unpaired) electrons. The summed E-state index contributed by atoms with van der Waals surface area (Å²) in [6.07, 6.45) is 0. The number of benzene rings is 2. The molecular weight excluding hydrogens is 354 g/mol. The van der Waals surface area contributed by atoms with Crippen LogP contribution < -0.4 is 15.0 Å². The summed E-state index contributed by atoms with van der Waals surface area (Å²) in [7, 11) is 1.60. The van der Waals surface area contributed by atoms with Gasteiger partial charge in [0.2, 0.25) is 5.91 Å². The zero-order valence-electron chi connectivity index (χ0n) is 14.4. The fourth-order valence-electron chi connectivity index (χ4n) is 2.83. The van der Waals surface area contributed by atoms with Gasteiger partial charge in [0.25, 0.3) is 0 Å². The lowest BCUT2D eigenvalue weighted by Crippen LogP contribution is -2.39. The number of amides is 3. The van der Waals surface area contributed by atoms with E-state index < -0.39 is 0 Å². The number of hydrogen-bond donors (Lipinski definition) is 1.